The van der Waals surface area contributed by atoms with Crippen molar-refractivity contribution < 1.29 is 33.4 Å². The van der Waals surface area contributed by atoms with Crippen molar-refractivity contribution in [2.75, 3.05) is 26.2 Å². The van der Waals surface area contributed by atoms with Gasteiger partial charge in [0, 0.05) is 32.1 Å². The second-order valence-electron chi connectivity index (χ2n) is 10.3. The number of benzene rings is 1. The van der Waals surface area contributed by atoms with E-state index in [0.29, 0.717) is 18.9 Å². The molecular formula is C25H32N4O7. The normalized spacial score (nSPS) is 21.3. The molecule has 36 heavy (non-hydrogen) atoms. The van der Waals surface area contributed by atoms with E-state index in [4.69, 9.17) is 9.47 Å². The molecule has 2 fully saturated rings. The van der Waals surface area contributed by atoms with Gasteiger partial charge in [0.05, 0.1) is 11.1 Å². The van der Waals surface area contributed by atoms with Gasteiger partial charge in [-0.1, -0.05) is 0 Å². The van der Waals surface area contributed by atoms with Crippen LogP contribution in [-0.2, 0) is 14.3 Å². The lowest BCUT2D eigenvalue weighted by molar-refractivity contribution is -0.136. The van der Waals surface area contributed by atoms with Crippen LogP contribution in [0.4, 0.5) is 4.79 Å². The molecule has 11 nitrogen and oxygen atoms in total. The Bertz CT molecular complexity index is 1070. The SMILES string of the molecule is CC(C)(C)OC(=O)NC1CCN(CCOc2ccc3c(c2)C(=O)N(C2CCC(=O)NC2=O)C3=O)CC1. The molecule has 2 N–H and O–H groups in total. The maximum atomic E-state index is 12.9. The van der Waals surface area contributed by atoms with E-state index in [1.807, 2.05) is 20.8 Å². The van der Waals surface area contributed by atoms with Crippen molar-refractivity contribution in [3.63, 3.8) is 0 Å². The molecule has 1 atom stereocenters. The third-order valence-electron chi connectivity index (χ3n) is 6.40. The number of likely N-dealkylation sites (tertiary alicyclic amines) is 1. The number of fused-ring (bicyclic) bond motifs is 1. The van der Waals surface area contributed by atoms with Crippen LogP contribution in [0.1, 0.15) is 67.2 Å². The fourth-order valence-corrected chi connectivity index (χ4v) is 4.61. The van der Waals surface area contributed by atoms with Crippen molar-refractivity contribution in [3.05, 3.63) is 29.3 Å². The Morgan fingerprint density at radius 1 is 1.06 bits per heavy atom. The molecule has 2 saturated heterocycles. The number of nitrogens with zero attached hydrogens (tertiary/aromatic N) is 2. The smallest absolute Gasteiger partial charge is 0.407 e. The lowest BCUT2D eigenvalue weighted by atomic mass is 10.0. The number of amides is 5. The lowest BCUT2D eigenvalue weighted by Crippen LogP contribution is -2.54. The topological polar surface area (TPSA) is 134 Å². The third kappa shape index (κ3) is 5.84. The van der Waals surface area contributed by atoms with Crippen molar-refractivity contribution in [2.45, 2.75) is 64.1 Å². The summed E-state index contributed by atoms with van der Waals surface area (Å²) in [4.78, 5) is 64.4. The van der Waals surface area contributed by atoms with Gasteiger partial charge in [-0.2, -0.15) is 0 Å². The third-order valence-corrected chi connectivity index (χ3v) is 6.40. The van der Waals surface area contributed by atoms with E-state index in [1.54, 1.807) is 6.07 Å². The molecule has 3 aliphatic rings. The number of hydrogen-bond acceptors (Lipinski definition) is 8. The summed E-state index contributed by atoms with van der Waals surface area (Å²) < 4.78 is 11.2. The molecular weight excluding hydrogens is 468 g/mol. The van der Waals surface area contributed by atoms with Crippen LogP contribution >= 0.6 is 0 Å². The van der Waals surface area contributed by atoms with E-state index in [-0.39, 0.29) is 30.0 Å². The van der Waals surface area contributed by atoms with E-state index < -0.39 is 41.4 Å². The minimum atomic E-state index is -0.993. The summed E-state index contributed by atoms with van der Waals surface area (Å²) in [5.41, 5.74) is -0.117. The highest BCUT2D eigenvalue weighted by atomic mass is 16.6. The molecule has 1 aromatic rings. The van der Waals surface area contributed by atoms with Gasteiger partial charge in [0.15, 0.2) is 0 Å². The van der Waals surface area contributed by atoms with Crippen LogP contribution in [0.5, 0.6) is 5.75 Å². The van der Waals surface area contributed by atoms with Gasteiger partial charge in [-0.05, 0) is 58.2 Å². The number of carbonyl (C=O) groups is 5. The zero-order chi connectivity index (χ0) is 26.0. The molecule has 0 radical (unpaired) electrons. The largest absolute Gasteiger partial charge is 0.492 e. The predicted octanol–water partition coefficient (Wildman–Crippen LogP) is 1.46. The first-order chi connectivity index (χ1) is 17.0. The first-order valence-electron chi connectivity index (χ1n) is 12.2. The zero-order valence-corrected chi connectivity index (χ0v) is 20.8. The predicted molar refractivity (Wildman–Crippen MR) is 127 cm³/mol. The maximum absolute atomic E-state index is 12.9. The summed E-state index contributed by atoms with van der Waals surface area (Å²) >= 11 is 0. The molecule has 3 heterocycles. The molecule has 0 aromatic heterocycles. The highest BCUT2D eigenvalue weighted by molar-refractivity contribution is 6.23. The number of rotatable bonds is 6. The number of hydrogen-bond donors (Lipinski definition) is 2. The van der Waals surface area contributed by atoms with Gasteiger partial charge >= 0.3 is 6.09 Å². The lowest BCUT2D eigenvalue weighted by Gasteiger charge is -2.32. The quantitative estimate of drug-likeness (QED) is 0.561. The number of piperidine rings is 2. The van der Waals surface area contributed by atoms with Crippen molar-refractivity contribution in [3.8, 4) is 5.75 Å². The van der Waals surface area contributed by atoms with Gasteiger partial charge in [-0.25, -0.2) is 4.79 Å². The average molecular weight is 501 g/mol. The first-order valence-corrected chi connectivity index (χ1v) is 12.2. The van der Waals surface area contributed by atoms with Crippen LogP contribution < -0.4 is 15.4 Å². The Balaban J connectivity index is 1.25. The maximum Gasteiger partial charge on any atom is 0.407 e. The van der Waals surface area contributed by atoms with Crippen molar-refractivity contribution in [1.82, 2.24) is 20.4 Å². The summed E-state index contributed by atoms with van der Waals surface area (Å²) in [5.74, 6) is -1.69. The summed E-state index contributed by atoms with van der Waals surface area (Å²) in [6, 6.07) is 3.77. The fraction of sp³-hybridized carbons (Fsp3) is 0.560. The molecule has 0 spiro atoms. The van der Waals surface area contributed by atoms with Gasteiger partial charge in [0.2, 0.25) is 11.8 Å². The van der Waals surface area contributed by atoms with Gasteiger partial charge in [0.1, 0.15) is 24.0 Å². The van der Waals surface area contributed by atoms with Crippen molar-refractivity contribution >= 4 is 29.7 Å². The number of ether oxygens (including phenoxy) is 2. The van der Waals surface area contributed by atoms with Crippen LogP contribution in [0.15, 0.2) is 18.2 Å². The molecule has 3 aliphatic heterocycles. The number of carbonyl (C=O) groups excluding carboxylic acids is 5. The summed E-state index contributed by atoms with van der Waals surface area (Å²) in [6.07, 6.45) is 1.41. The number of nitrogens with one attached hydrogen (secondary N) is 2. The minimum Gasteiger partial charge on any atom is -0.492 e. The summed E-state index contributed by atoms with van der Waals surface area (Å²) in [6.45, 7) is 8.17. The second-order valence-corrected chi connectivity index (χ2v) is 10.3. The minimum absolute atomic E-state index is 0.0737. The Hall–Kier alpha value is -3.47. The van der Waals surface area contributed by atoms with E-state index >= 15 is 0 Å². The van der Waals surface area contributed by atoms with Crippen LogP contribution in [0.2, 0.25) is 0 Å². The van der Waals surface area contributed by atoms with Crippen molar-refractivity contribution in [2.24, 2.45) is 0 Å². The van der Waals surface area contributed by atoms with E-state index in [2.05, 4.69) is 15.5 Å². The highest BCUT2D eigenvalue weighted by Crippen LogP contribution is 2.30. The Morgan fingerprint density at radius 3 is 2.42 bits per heavy atom. The molecule has 0 saturated carbocycles. The molecule has 4 rings (SSSR count). The molecule has 5 amide bonds. The van der Waals surface area contributed by atoms with Crippen LogP contribution in [0.25, 0.3) is 0 Å². The molecule has 11 heteroatoms. The second kappa shape index (κ2) is 10.3. The molecule has 0 bridgehead atoms. The van der Waals surface area contributed by atoms with E-state index in [1.165, 1.54) is 12.1 Å². The molecule has 0 aliphatic carbocycles. The average Bonchev–Trinajstić information content (AvgIpc) is 3.03. The highest BCUT2D eigenvalue weighted by Gasteiger charge is 2.44. The summed E-state index contributed by atoms with van der Waals surface area (Å²) in [5, 5.41) is 5.10. The van der Waals surface area contributed by atoms with Gasteiger partial charge in [-0.3, -0.25) is 34.3 Å². The Labute approximate surface area is 209 Å². The molecule has 1 aromatic carbocycles. The van der Waals surface area contributed by atoms with Crippen LogP contribution in [-0.4, -0.2) is 83.4 Å². The van der Waals surface area contributed by atoms with Gasteiger partial charge < -0.3 is 14.8 Å². The van der Waals surface area contributed by atoms with Gasteiger partial charge in [0.25, 0.3) is 11.8 Å². The zero-order valence-electron chi connectivity index (χ0n) is 20.8. The van der Waals surface area contributed by atoms with Gasteiger partial charge in [-0.15, -0.1) is 0 Å². The number of alkyl carbamates (subject to hydrolysis) is 1. The molecule has 1 unspecified atom stereocenters. The monoisotopic (exact) mass is 500 g/mol. The first kappa shape index (κ1) is 25.6. The van der Waals surface area contributed by atoms with E-state index in [9.17, 15) is 24.0 Å². The van der Waals surface area contributed by atoms with E-state index in [0.717, 1.165) is 30.8 Å². The number of imide groups is 2. The Morgan fingerprint density at radius 2 is 1.75 bits per heavy atom. The van der Waals surface area contributed by atoms with Crippen molar-refractivity contribution in [1.29, 1.82) is 0 Å². The Kier molecular flexibility index (Phi) is 7.30. The van der Waals surface area contributed by atoms with Crippen LogP contribution in [0, 0.1) is 0 Å². The molecule has 194 valence electrons. The fourth-order valence-electron chi connectivity index (χ4n) is 4.61. The standard InChI is InChI=1S/C25H32N4O7/c1-25(2,3)36-24(34)26-15-8-10-28(11-9-15)12-13-35-16-4-5-17-18(14-16)23(33)29(22(17)32)19-6-7-20(30)27-21(19)31/h4-5,14-15,19H,6-13H2,1-3H3,(H,26,34)(H,27,30,31). The summed E-state index contributed by atoms with van der Waals surface area (Å²) in [7, 11) is 0. The van der Waals surface area contributed by atoms with Crippen LogP contribution in [0.3, 0.4) is 0 Å².